The van der Waals surface area contributed by atoms with Gasteiger partial charge in [-0.3, -0.25) is 9.59 Å². The van der Waals surface area contributed by atoms with Gasteiger partial charge in [0.05, 0.1) is 17.7 Å². The first kappa shape index (κ1) is 21.1. The number of nitrogens with one attached hydrogen (secondary N) is 2. The van der Waals surface area contributed by atoms with Crippen LogP contribution in [-0.2, 0) is 16.0 Å². The Morgan fingerprint density at radius 1 is 1.33 bits per heavy atom. The maximum absolute atomic E-state index is 13.7. The molecule has 1 aromatic carbocycles. The smallest absolute Gasteiger partial charge is 0.262 e. The number of hydrogen-bond acceptors (Lipinski definition) is 4. The Kier molecular flexibility index (Phi) is 7.94. The van der Waals surface area contributed by atoms with E-state index in [2.05, 4.69) is 15.8 Å². The lowest BCUT2D eigenvalue weighted by Crippen LogP contribution is -2.46. The second kappa shape index (κ2) is 10.2. The van der Waals surface area contributed by atoms with Gasteiger partial charge in [-0.25, -0.2) is 9.82 Å². The fourth-order valence-corrected chi connectivity index (χ4v) is 3.28. The van der Waals surface area contributed by atoms with E-state index >= 15 is 0 Å². The van der Waals surface area contributed by atoms with Gasteiger partial charge >= 0.3 is 0 Å². The zero-order valence-electron chi connectivity index (χ0n) is 15.0. The van der Waals surface area contributed by atoms with Gasteiger partial charge in [-0.05, 0) is 46.9 Å². The van der Waals surface area contributed by atoms with Gasteiger partial charge in [-0.15, -0.1) is 0 Å². The highest BCUT2D eigenvalue weighted by molar-refractivity contribution is 7.08. The molecule has 0 aliphatic carbocycles. The molecule has 0 aliphatic heterocycles. The van der Waals surface area contributed by atoms with E-state index in [9.17, 15) is 14.0 Å². The van der Waals surface area contributed by atoms with Crippen LogP contribution in [0.3, 0.4) is 0 Å². The molecule has 0 bridgehead atoms. The van der Waals surface area contributed by atoms with E-state index in [0.29, 0.717) is 6.42 Å². The Morgan fingerprint density at radius 3 is 2.74 bits per heavy atom. The second-order valence-corrected chi connectivity index (χ2v) is 7.61. The number of nitrogens with zero attached hydrogens (tertiary/aromatic N) is 1. The Hall–Kier alpha value is -2.25. The normalized spacial score (nSPS) is 12.3. The number of carbonyl (C=O) groups excluding carboxylic acids is 2. The minimum atomic E-state index is -0.732. The van der Waals surface area contributed by atoms with Gasteiger partial charge in [0.2, 0.25) is 5.91 Å². The van der Waals surface area contributed by atoms with E-state index in [1.165, 1.54) is 29.5 Å². The molecule has 1 aromatic heterocycles. The van der Waals surface area contributed by atoms with Crippen molar-refractivity contribution in [3.63, 3.8) is 0 Å². The summed E-state index contributed by atoms with van der Waals surface area (Å²) >= 11 is 7.42. The van der Waals surface area contributed by atoms with Crippen LogP contribution in [0.1, 0.15) is 31.4 Å². The SMILES string of the molecule is CC(C)CC(NC(=O)Cc1ccsc1)C(=O)N/N=C/c1c(F)cccc1Cl. The third-order valence-corrected chi connectivity index (χ3v) is 4.73. The molecule has 5 nitrogen and oxygen atoms in total. The molecule has 1 atom stereocenters. The average molecular weight is 410 g/mol. The first-order valence-electron chi connectivity index (χ1n) is 8.44. The first-order valence-corrected chi connectivity index (χ1v) is 9.76. The lowest BCUT2D eigenvalue weighted by Gasteiger charge is -2.18. The summed E-state index contributed by atoms with van der Waals surface area (Å²) in [4.78, 5) is 24.6. The molecule has 1 heterocycles. The molecule has 0 spiro atoms. The Balaban J connectivity index is 1.99. The van der Waals surface area contributed by atoms with Crippen molar-refractivity contribution in [3.8, 4) is 0 Å². The van der Waals surface area contributed by atoms with Gasteiger partial charge in [0.15, 0.2) is 0 Å². The third kappa shape index (κ3) is 6.77. The topological polar surface area (TPSA) is 70.6 Å². The Labute approximate surface area is 166 Å². The second-order valence-electron chi connectivity index (χ2n) is 6.43. The molecule has 0 saturated carbocycles. The summed E-state index contributed by atoms with van der Waals surface area (Å²) in [6.45, 7) is 3.90. The van der Waals surface area contributed by atoms with Gasteiger partial charge in [-0.1, -0.05) is 31.5 Å². The molecule has 27 heavy (non-hydrogen) atoms. The first-order chi connectivity index (χ1) is 12.9. The molecule has 1 unspecified atom stereocenters. The van der Waals surface area contributed by atoms with Crippen molar-refractivity contribution >= 4 is 41.0 Å². The van der Waals surface area contributed by atoms with Crippen molar-refractivity contribution in [1.29, 1.82) is 0 Å². The molecule has 8 heteroatoms. The highest BCUT2D eigenvalue weighted by Gasteiger charge is 2.22. The van der Waals surface area contributed by atoms with Crippen LogP contribution in [0.25, 0.3) is 0 Å². The number of hydrogen-bond donors (Lipinski definition) is 2. The van der Waals surface area contributed by atoms with E-state index in [1.807, 2.05) is 30.7 Å². The van der Waals surface area contributed by atoms with Crippen LogP contribution in [0.4, 0.5) is 4.39 Å². The fourth-order valence-electron chi connectivity index (χ4n) is 2.40. The minimum Gasteiger partial charge on any atom is -0.344 e. The van der Waals surface area contributed by atoms with E-state index in [4.69, 9.17) is 11.6 Å². The predicted molar refractivity (Wildman–Crippen MR) is 107 cm³/mol. The van der Waals surface area contributed by atoms with Crippen LogP contribution in [0.2, 0.25) is 5.02 Å². The minimum absolute atomic E-state index is 0.0846. The van der Waals surface area contributed by atoms with Crippen LogP contribution >= 0.6 is 22.9 Å². The summed E-state index contributed by atoms with van der Waals surface area (Å²) in [5.41, 5.74) is 3.33. The van der Waals surface area contributed by atoms with Gasteiger partial charge in [0.1, 0.15) is 11.9 Å². The summed E-state index contributed by atoms with van der Waals surface area (Å²) in [5, 5.41) is 10.5. The Bertz CT molecular complexity index is 789. The molecule has 0 saturated heterocycles. The molecule has 2 aromatic rings. The lowest BCUT2D eigenvalue weighted by molar-refractivity contribution is -0.129. The van der Waals surface area contributed by atoms with Crippen LogP contribution in [0.5, 0.6) is 0 Å². The number of amides is 2. The van der Waals surface area contributed by atoms with Crippen molar-refractivity contribution in [3.05, 3.63) is 57.0 Å². The molecule has 0 aliphatic rings. The summed E-state index contributed by atoms with van der Waals surface area (Å²) in [7, 11) is 0. The van der Waals surface area contributed by atoms with Crippen molar-refractivity contribution < 1.29 is 14.0 Å². The molecule has 2 amide bonds. The Morgan fingerprint density at radius 2 is 2.11 bits per heavy atom. The number of carbonyl (C=O) groups is 2. The lowest BCUT2D eigenvalue weighted by atomic mass is 10.0. The van der Waals surface area contributed by atoms with Gasteiger partial charge in [0, 0.05) is 5.56 Å². The molecule has 2 rings (SSSR count). The van der Waals surface area contributed by atoms with Crippen molar-refractivity contribution in [1.82, 2.24) is 10.7 Å². The average Bonchev–Trinajstić information content (AvgIpc) is 3.09. The summed E-state index contributed by atoms with van der Waals surface area (Å²) < 4.78 is 13.7. The number of halogens is 2. The molecule has 0 fully saturated rings. The van der Waals surface area contributed by atoms with E-state index < -0.39 is 17.8 Å². The number of rotatable bonds is 8. The van der Waals surface area contributed by atoms with Crippen molar-refractivity contribution in [2.45, 2.75) is 32.7 Å². The quantitative estimate of drug-likeness (QED) is 0.514. The van der Waals surface area contributed by atoms with Crippen LogP contribution in [-0.4, -0.2) is 24.1 Å². The zero-order valence-corrected chi connectivity index (χ0v) is 16.6. The zero-order chi connectivity index (χ0) is 19.8. The largest absolute Gasteiger partial charge is 0.344 e. The monoisotopic (exact) mass is 409 g/mol. The molecular weight excluding hydrogens is 389 g/mol. The van der Waals surface area contributed by atoms with Crippen LogP contribution in [0.15, 0.2) is 40.1 Å². The van der Waals surface area contributed by atoms with E-state index in [0.717, 1.165) is 11.8 Å². The maximum atomic E-state index is 13.7. The van der Waals surface area contributed by atoms with Crippen molar-refractivity contribution in [2.24, 2.45) is 11.0 Å². The van der Waals surface area contributed by atoms with E-state index in [1.54, 1.807) is 0 Å². The van der Waals surface area contributed by atoms with Gasteiger partial charge < -0.3 is 5.32 Å². The van der Waals surface area contributed by atoms with Gasteiger partial charge in [-0.2, -0.15) is 16.4 Å². The summed E-state index contributed by atoms with van der Waals surface area (Å²) in [5.74, 6) is -1.06. The maximum Gasteiger partial charge on any atom is 0.262 e. The van der Waals surface area contributed by atoms with Crippen LogP contribution < -0.4 is 10.7 Å². The van der Waals surface area contributed by atoms with Gasteiger partial charge in [0.25, 0.3) is 5.91 Å². The molecule has 144 valence electrons. The summed E-state index contributed by atoms with van der Waals surface area (Å²) in [6.07, 6.45) is 1.81. The number of benzene rings is 1. The molecular formula is C19H21ClFN3O2S. The molecule has 2 N–H and O–H groups in total. The third-order valence-electron chi connectivity index (χ3n) is 3.67. The number of hydrazone groups is 1. The van der Waals surface area contributed by atoms with Crippen LogP contribution in [0, 0.1) is 11.7 Å². The van der Waals surface area contributed by atoms with E-state index in [-0.39, 0.29) is 28.8 Å². The molecule has 0 radical (unpaired) electrons. The highest BCUT2D eigenvalue weighted by Crippen LogP contribution is 2.16. The highest BCUT2D eigenvalue weighted by atomic mass is 35.5. The number of thiophene rings is 1. The van der Waals surface area contributed by atoms with Crippen molar-refractivity contribution in [2.75, 3.05) is 0 Å². The fraction of sp³-hybridized carbons (Fsp3) is 0.316. The predicted octanol–water partition coefficient (Wildman–Crippen LogP) is 3.76. The summed E-state index contributed by atoms with van der Waals surface area (Å²) in [6, 6.07) is 5.39. The standard InChI is InChI=1S/C19H21ClFN3O2S/c1-12(2)8-17(23-18(25)9-13-6-7-27-11-13)19(26)24-22-10-14-15(20)4-3-5-16(14)21/h3-7,10-12,17H,8-9H2,1-2H3,(H,23,25)(H,24,26)/b22-10+.